The van der Waals surface area contributed by atoms with Gasteiger partial charge in [0.25, 0.3) is 0 Å². The molecule has 1 saturated heterocycles. The lowest BCUT2D eigenvalue weighted by molar-refractivity contribution is -0.119. The van der Waals surface area contributed by atoms with Crippen molar-refractivity contribution in [2.24, 2.45) is 0 Å². The minimum absolute atomic E-state index is 0.357. The molecule has 1 aliphatic rings. The van der Waals surface area contributed by atoms with Crippen LogP contribution in [0, 0.1) is 6.92 Å². The van der Waals surface area contributed by atoms with Crippen LogP contribution in [0.15, 0.2) is 16.7 Å². The second kappa shape index (κ2) is 4.31. The van der Waals surface area contributed by atoms with Gasteiger partial charge >= 0.3 is 0 Å². The molecule has 4 heteroatoms. The summed E-state index contributed by atoms with van der Waals surface area (Å²) < 4.78 is 1.04. The highest BCUT2D eigenvalue weighted by molar-refractivity contribution is 9.10. The molecule has 3 nitrogen and oxygen atoms in total. The van der Waals surface area contributed by atoms with E-state index >= 15 is 0 Å². The summed E-state index contributed by atoms with van der Waals surface area (Å²) in [6.07, 6.45) is 3.09. The molecular formula is C11H13BrN2O. The molecule has 2 heterocycles. The van der Waals surface area contributed by atoms with E-state index in [1.807, 2.05) is 19.2 Å². The zero-order valence-electron chi connectivity index (χ0n) is 8.66. The fourth-order valence-corrected chi connectivity index (χ4v) is 2.20. The van der Waals surface area contributed by atoms with Gasteiger partial charge in [0, 0.05) is 32.1 Å². The van der Waals surface area contributed by atoms with Crippen molar-refractivity contribution in [1.82, 2.24) is 4.98 Å². The van der Waals surface area contributed by atoms with E-state index in [4.69, 9.17) is 0 Å². The van der Waals surface area contributed by atoms with Crippen LogP contribution in [0.25, 0.3) is 0 Å². The van der Waals surface area contributed by atoms with Crippen LogP contribution in [-0.4, -0.2) is 23.9 Å². The van der Waals surface area contributed by atoms with Crippen molar-refractivity contribution in [3.63, 3.8) is 0 Å². The Morgan fingerprint density at radius 2 is 2.07 bits per heavy atom. The lowest BCUT2D eigenvalue weighted by Gasteiger charge is -2.28. The second-order valence-corrected chi connectivity index (χ2v) is 4.58. The molecule has 0 radical (unpaired) electrons. The number of Topliss-reactive ketones (excluding diaryl/α,β-unsaturated/α-hetero) is 1. The minimum atomic E-state index is 0.357. The third-order valence-electron chi connectivity index (χ3n) is 2.68. The van der Waals surface area contributed by atoms with Crippen molar-refractivity contribution in [2.75, 3.05) is 18.0 Å². The Morgan fingerprint density at radius 1 is 1.40 bits per heavy atom. The van der Waals surface area contributed by atoms with Crippen LogP contribution in [0.5, 0.6) is 0 Å². The summed E-state index contributed by atoms with van der Waals surface area (Å²) in [6, 6.07) is 1.97. The van der Waals surface area contributed by atoms with Gasteiger partial charge in [0.15, 0.2) is 0 Å². The average Bonchev–Trinajstić information content (AvgIpc) is 2.24. The van der Waals surface area contributed by atoms with Crippen LogP contribution in [0.2, 0.25) is 0 Å². The average molecular weight is 269 g/mol. The molecule has 0 N–H and O–H groups in total. The number of carbonyl (C=O) groups excluding carboxylic acids is 1. The number of ketones is 1. The minimum Gasteiger partial charge on any atom is -0.355 e. The van der Waals surface area contributed by atoms with E-state index in [1.54, 1.807) is 0 Å². The van der Waals surface area contributed by atoms with Gasteiger partial charge in [-0.05, 0) is 34.5 Å². The number of hydrogen-bond donors (Lipinski definition) is 0. The Hall–Kier alpha value is -0.900. The van der Waals surface area contributed by atoms with Gasteiger partial charge in [-0.15, -0.1) is 0 Å². The van der Waals surface area contributed by atoms with Crippen LogP contribution >= 0.6 is 15.9 Å². The standard InChI is InChI=1S/C11H13BrN2O/c1-8-2-5-13-11(10(8)12)14-6-3-9(15)4-7-14/h2,5H,3-4,6-7H2,1H3. The van der Waals surface area contributed by atoms with Crippen LogP contribution in [-0.2, 0) is 4.79 Å². The normalized spacial score (nSPS) is 16.9. The lowest BCUT2D eigenvalue weighted by atomic mass is 10.1. The van der Waals surface area contributed by atoms with Crippen LogP contribution in [0.1, 0.15) is 18.4 Å². The number of anilines is 1. The highest BCUT2D eigenvalue weighted by atomic mass is 79.9. The highest BCUT2D eigenvalue weighted by Crippen LogP contribution is 2.28. The second-order valence-electron chi connectivity index (χ2n) is 3.79. The number of piperidine rings is 1. The molecule has 1 fully saturated rings. The van der Waals surface area contributed by atoms with Crippen molar-refractivity contribution >= 4 is 27.5 Å². The molecule has 0 aromatic carbocycles. The van der Waals surface area contributed by atoms with Gasteiger partial charge in [0.05, 0.1) is 4.47 Å². The van der Waals surface area contributed by atoms with E-state index in [9.17, 15) is 4.79 Å². The third kappa shape index (κ3) is 2.20. The van der Waals surface area contributed by atoms with E-state index in [1.165, 1.54) is 5.56 Å². The van der Waals surface area contributed by atoms with E-state index in [-0.39, 0.29) is 0 Å². The monoisotopic (exact) mass is 268 g/mol. The van der Waals surface area contributed by atoms with Gasteiger partial charge in [-0.25, -0.2) is 4.98 Å². The molecule has 0 amide bonds. The first kappa shape index (κ1) is 10.6. The summed E-state index contributed by atoms with van der Waals surface area (Å²) in [5, 5.41) is 0. The van der Waals surface area contributed by atoms with Gasteiger partial charge in [-0.1, -0.05) is 0 Å². The molecule has 0 saturated carbocycles. The van der Waals surface area contributed by atoms with Crippen molar-refractivity contribution in [1.29, 1.82) is 0 Å². The van der Waals surface area contributed by atoms with E-state index < -0.39 is 0 Å². The number of pyridine rings is 1. The summed E-state index contributed by atoms with van der Waals surface area (Å²) >= 11 is 3.54. The highest BCUT2D eigenvalue weighted by Gasteiger charge is 2.19. The SMILES string of the molecule is Cc1ccnc(N2CCC(=O)CC2)c1Br. The predicted octanol–water partition coefficient (Wildman–Crippen LogP) is 2.32. The Labute approximate surface area is 97.6 Å². The van der Waals surface area contributed by atoms with Crippen LogP contribution in [0.3, 0.4) is 0 Å². The first-order valence-electron chi connectivity index (χ1n) is 5.06. The van der Waals surface area contributed by atoms with Crippen LogP contribution < -0.4 is 4.90 Å². The zero-order chi connectivity index (χ0) is 10.8. The largest absolute Gasteiger partial charge is 0.355 e. The molecule has 0 bridgehead atoms. The molecular weight excluding hydrogens is 256 g/mol. The van der Waals surface area contributed by atoms with Gasteiger partial charge in [-0.2, -0.15) is 0 Å². The maximum Gasteiger partial charge on any atom is 0.143 e. The van der Waals surface area contributed by atoms with E-state index in [0.29, 0.717) is 18.6 Å². The number of aryl methyl sites for hydroxylation is 1. The maximum atomic E-state index is 11.1. The molecule has 1 aliphatic heterocycles. The Kier molecular flexibility index (Phi) is 3.05. The van der Waals surface area contributed by atoms with Crippen molar-refractivity contribution in [2.45, 2.75) is 19.8 Å². The first-order chi connectivity index (χ1) is 7.18. The summed E-state index contributed by atoms with van der Waals surface area (Å²) in [6.45, 7) is 3.62. The van der Waals surface area contributed by atoms with Gasteiger partial charge in [0.2, 0.25) is 0 Å². The molecule has 0 aliphatic carbocycles. The number of halogens is 1. The molecule has 0 atom stereocenters. The fraction of sp³-hybridized carbons (Fsp3) is 0.455. The first-order valence-corrected chi connectivity index (χ1v) is 5.85. The fourth-order valence-electron chi connectivity index (χ4n) is 1.71. The number of hydrogen-bond acceptors (Lipinski definition) is 3. The smallest absolute Gasteiger partial charge is 0.143 e. The number of rotatable bonds is 1. The Bertz CT molecular complexity index is 382. The zero-order valence-corrected chi connectivity index (χ0v) is 10.2. The Balaban J connectivity index is 2.22. The van der Waals surface area contributed by atoms with E-state index in [0.717, 1.165) is 23.4 Å². The Morgan fingerprint density at radius 3 is 2.73 bits per heavy atom. The summed E-state index contributed by atoms with van der Waals surface area (Å²) in [5.74, 6) is 1.32. The van der Waals surface area contributed by atoms with E-state index in [2.05, 4.69) is 25.8 Å². The maximum absolute atomic E-state index is 11.1. The lowest BCUT2D eigenvalue weighted by Crippen LogP contribution is -2.34. The predicted molar refractivity (Wildman–Crippen MR) is 63.1 cm³/mol. The van der Waals surface area contributed by atoms with Crippen molar-refractivity contribution in [3.8, 4) is 0 Å². The molecule has 15 heavy (non-hydrogen) atoms. The summed E-state index contributed by atoms with van der Waals surface area (Å²) in [7, 11) is 0. The number of carbonyl (C=O) groups is 1. The van der Waals surface area contributed by atoms with Crippen LogP contribution in [0.4, 0.5) is 5.82 Å². The summed E-state index contributed by atoms with van der Waals surface area (Å²) in [4.78, 5) is 17.7. The topological polar surface area (TPSA) is 33.2 Å². The van der Waals surface area contributed by atoms with Crippen molar-refractivity contribution < 1.29 is 4.79 Å². The molecule has 80 valence electrons. The van der Waals surface area contributed by atoms with Gasteiger partial charge in [-0.3, -0.25) is 4.79 Å². The quantitative estimate of drug-likeness (QED) is 0.784. The molecule has 0 unspecified atom stereocenters. The molecule has 1 aromatic rings. The number of aromatic nitrogens is 1. The third-order valence-corrected chi connectivity index (χ3v) is 3.66. The molecule has 1 aromatic heterocycles. The van der Waals surface area contributed by atoms with Gasteiger partial charge < -0.3 is 4.90 Å². The number of nitrogens with zero attached hydrogens (tertiary/aromatic N) is 2. The van der Waals surface area contributed by atoms with Crippen molar-refractivity contribution in [3.05, 3.63) is 22.3 Å². The molecule has 0 spiro atoms. The summed E-state index contributed by atoms with van der Waals surface area (Å²) in [5.41, 5.74) is 1.18. The molecule has 2 rings (SSSR count). The van der Waals surface area contributed by atoms with Gasteiger partial charge in [0.1, 0.15) is 11.6 Å².